The quantitative estimate of drug-likeness (QED) is 0.639. The van der Waals surface area contributed by atoms with Crippen molar-refractivity contribution in [2.45, 2.75) is 0 Å². The molecule has 104 valence electrons. The van der Waals surface area contributed by atoms with Gasteiger partial charge in [0.1, 0.15) is 11.4 Å². The normalized spacial score (nSPS) is 11.2. The summed E-state index contributed by atoms with van der Waals surface area (Å²) in [6.45, 7) is 0. The standard InChI is InChI=1S/C14H10N4O3/c19-10-6-5-8-3-1-2-4-9(8)11(10)17-18-13-12(14(20)21)15-7-16-13/h1-7,19H,(H,15,16)(H,20,21). The first kappa shape index (κ1) is 12.8. The van der Waals surface area contributed by atoms with Crippen LogP contribution in [0.5, 0.6) is 5.75 Å². The second-order valence-electron chi connectivity index (χ2n) is 4.26. The van der Waals surface area contributed by atoms with Crippen molar-refractivity contribution >= 4 is 28.2 Å². The van der Waals surface area contributed by atoms with Gasteiger partial charge in [-0.25, -0.2) is 9.78 Å². The molecule has 1 aromatic heterocycles. The minimum atomic E-state index is -1.18. The van der Waals surface area contributed by atoms with Crippen molar-refractivity contribution in [1.29, 1.82) is 0 Å². The smallest absolute Gasteiger partial charge is 0.356 e. The van der Waals surface area contributed by atoms with E-state index in [0.29, 0.717) is 5.39 Å². The van der Waals surface area contributed by atoms with Gasteiger partial charge in [0.05, 0.1) is 6.33 Å². The molecule has 21 heavy (non-hydrogen) atoms. The first-order valence-electron chi connectivity index (χ1n) is 6.06. The SMILES string of the molecule is O=C(O)c1[nH]cnc1N=Nc1c(O)ccc2ccccc12. The number of phenolic OH excluding ortho intramolecular Hbond substituents is 1. The fraction of sp³-hybridized carbons (Fsp3) is 0. The highest BCUT2D eigenvalue weighted by atomic mass is 16.4. The summed E-state index contributed by atoms with van der Waals surface area (Å²) in [7, 11) is 0. The summed E-state index contributed by atoms with van der Waals surface area (Å²) in [6, 6.07) is 10.6. The Labute approximate surface area is 118 Å². The number of hydrogen-bond donors (Lipinski definition) is 3. The minimum absolute atomic E-state index is 0.0372. The van der Waals surface area contributed by atoms with E-state index in [1.165, 1.54) is 12.4 Å². The number of carbonyl (C=O) groups is 1. The van der Waals surface area contributed by atoms with Crippen molar-refractivity contribution in [2.75, 3.05) is 0 Å². The van der Waals surface area contributed by atoms with Gasteiger partial charge in [0.25, 0.3) is 0 Å². The molecule has 7 heteroatoms. The molecule has 3 aromatic rings. The number of nitrogens with one attached hydrogen (secondary N) is 1. The molecule has 0 fully saturated rings. The van der Waals surface area contributed by atoms with E-state index >= 15 is 0 Å². The third-order valence-corrected chi connectivity index (χ3v) is 2.96. The molecule has 2 aromatic carbocycles. The number of hydrogen-bond acceptors (Lipinski definition) is 5. The lowest BCUT2D eigenvalue weighted by Crippen LogP contribution is -1.95. The Kier molecular flexibility index (Phi) is 3.07. The van der Waals surface area contributed by atoms with Gasteiger partial charge in [-0.3, -0.25) is 0 Å². The number of carboxylic acids is 1. The predicted octanol–water partition coefficient (Wildman–Crippen LogP) is 3.38. The molecular weight excluding hydrogens is 272 g/mol. The van der Waals surface area contributed by atoms with Crippen LogP contribution in [0.3, 0.4) is 0 Å². The number of carboxylic acid groups (broad SMARTS) is 1. The number of benzene rings is 2. The zero-order valence-electron chi connectivity index (χ0n) is 10.7. The van der Waals surface area contributed by atoms with Gasteiger partial charge in [0, 0.05) is 5.39 Å². The first-order chi connectivity index (χ1) is 10.2. The summed E-state index contributed by atoms with van der Waals surface area (Å²) >= 11 is 0. The Bertz CT molecular complexity index is 854. The lowest BCUT2D eigenvalue weighted by molar-refractivity contribution is 0.0692. The largest absolute Gasteiger partial charge is 0.506 e. The van der Waals surface area contributed by atoms with Crippen LogP contribution in [0.2, 0.25) is 0 Å². The third-order valence-electron chi connectivity index (χ3n) is 2.96. The summed E-state index contributed by atoms with van der Waals surface area (Å²) in [5, 5.41) is 28.2. The number of aromatic amines is 1. The Hall–Kier alpha value is -3.22. The van der Waals surface area contributed by atoms with Gasteiger partial charge in [-0.15, -0.1) is 10.2 Å². The molecule has 3 N–H and O–H groups in total. The molecule has 0 atom stereocenters. The van der Waals surface area contributed by atoms with E-state index in [4.69, 9.17) is 5.11 Å². The third kappa shape index (κ3) is 2.32. The molecule has 0 saturated carbocycles. The van der Waals surface area contributed by atoms with Gasteiger partial charge in [0.2, 0.25) is 5.82 Å². The van der Waals surface area contributed by atoms with E-state index < -0.39 is 5.97 Å². The average Bonchev–Trinajstić information content (AvgIpc) is 2.95. The summed E-state index contributed by atoms with van der Waals surface area (Å²) in [4.78, 5) is 17.2. The summed E-state index contributed by atoms with van der Waals surface area (Å²) in [6.07, 6.45) is 1.22. The minimum Gasteiger partial charge on any atom is -0.506 e. The number of rotatable bonds is 3. The first-order valence-corrected chi connectivity index (χ1v) is 6.06. The second-order valence-corrected chi connectivity index (χ2v) is 4.26. The zero-order chi connectivity index (χ0) is 14.8. The second kappa shape index (κ2) is 5.04. The number of imidazole rings is 1. The van der Waals surface area contributed by atoms with Crippen LogP contribution in [-0.4, -0.2) is 26.2 Å². The highest BCUT2D eigenvalue weighted by molar-refractivity contribution is 5.95. The summed E-state index contributed by atoms with van der Waals surface area (Å²) in [5.41, 5.74) is 0.117. The van der Waals surface area contributed by atoms with Gasteiger partial charge in [-0.1, -0.05) is 30.3 Å². The van der Waals surface area contributed by atoms with E-state index in [0.717, 1.165) is 5.39 Å². The number of aromatic nitrogens is 2. The number of aromatic carboxylic acids is 1. The molecule has 0 aliphatic heterocycles. The van der Waals surface area contributed by atoms with Crippen LogP contribution in [0.15, 0.2) is 53.0 Å². The van der Waals surface area contributed by atoms with Gasteiger partial charge in [-0.05, 0) is 11.5 Å². The molecule has 3 rings (SSSR count). The van der Waals surface area contributed by atoms with Crippen molar-refractivity contribution in [1.82, 2.24) is 9.97 Å². The van der Waals surface area contributed by atoms with Crippen molar-refractivity contribution < 1.29 is 15.0 Å². The number of aromatic hydroxyl groups is 1. The molecule has 0 radical (unpaired) electrons. The van der Waals surface area contributed by atoms with Crippen LogP contribution in [0, 0.1) is 0 Å². The van der Waals surface area contributed by atoms with Gasteiger partial charge in [0.15, 0.2) is 5.69 Å². The van der Waals surface area contributed by atoms with Crippen molar-refractivity contribution in [2.24, 2.45) is 10.2 Å². The van der Waals surface area contributed by atoms with Crippen LogP contribution >= 0.6 is 0 Å². The van der Waals surface area contributed by atoms with Crippen LogP contribution < -0.4 is 0 Å². The van der Waals surface area contributed by atoms with Gasteiger partial charge in [-0.2, -0.15) is 0 Å². The highest BCUT2D eigenvalue weighted by Crippen LogP contribution is 2.35. The maximum atomic E-state index is 11.0. The highest BCUT2D eigenvalue weighted by Gasteiger charge is 2.13. The number of fused-ring (bicyclic) bond motifs is 1. The molecule has 0 bridgehead atoms. The van der Waals surface area contributed by atoms with Crippen molar-refractivity contribution in [3.63, 3.8) is 0 Å². The fourth-order valence-corrected chi connectivity index (χ4v) is 1.97. The molecule has 0 aliphatic carbocycles. The van der Waals surface area contributed by atoms with Gasteiger partial charge < -0.3 is 15.2 Å². The van der Waals surface area contributed by atoms with Crippen molar-refractivity contribution in [3.8, 4) is 5.75 Å². The van der Waals surface area contributed by atoms with E-state index in [1.54, 1.807) is 12.1 Å². The van der Waals surface area contributed by atoms with Crippen LogP contribution in [0.1, 0.15) is 10.5 Å². The lowest BCUT2D eigenvalue weighted by Gasteiger charge is -2.03. The number of phenols is 1. The lowest BCUT2D eigenvalue weighted by atomic mass is 10.1. The number of nitrogens with zero attached hydrogens (tertiary/aromatic N) is 3. The van der Waals surface area contributed by atoms with E-state index in [2.05, 4.69) is 20.2 Å². The topological polar surface area (TPSA) is 111 Å². The van der Waals surface area contributed by atoms with E-state index in [-0.39, 0.29) is 22.9 Å². The van der Waals surface area contributed by atoms with Crippen molar-refractivity contribution in [3.05, 3.63) is 48.4 Å². The Morgan fingerprint density at radius 3 is 2.76 bits per heavy atom. The predicted molar refractivity (Wildman–Crippen MR) is 75.3 cm³/mol. The van der Waals surface area contributed by atoms with Gasteiger partial charge >= 0.3 is 5.97 Å². The molecule has 0 spiro atoms. The number of azo groups is 1. The molecule has 0 saturated heterocycles. The maximum Gasteiger partial charge on any atom is 0.356 e. The molecule has 7 nitrogen and oxygen atoms in total. The maximum absolute atomic E-state index is 11.0. The van der Waals surface area contributed by atoms with Crippen LogP contribution in [0.4, 0.5) is 11.5 Å². The number of H-pyrrole nitrogens is 1. The monoisotopic (exact) mass is 282 g/mol. The molecule has 1 heterocycles. The molecule has 0 amide bonds. The fourth-order valence-electron chi connectivity index (χ4n) is 1.97. The van der Waals surface area contributed by atoms with Crippen LogP contribution in [0.25, 0.3) is 10.8 Å². The molecule has 0 unspecified atom stereocenters. The molecule has 0 aliphatic rings. The van der Waals surface area contributed by atoms with E-state index in [9.17, 15) is 9.90 Å². The molecular formula is C14H10N4O3. The zero-order valence-corrected chi connectivity index (χ0v) is 10.7. The average molecular weight is 282 g/mol. The Morgan fingerprint density at radius 1 is 1.14 bits per heavy atom. The Morgan fingerprint density at radius 2 is 1.95 bits per heavy atom. The van der Waals surface area contributed by atoms with Crippen LogP contribution in [-0.2, 0) is 0 Å². The van der Waals surface area contributed by atoms with E-state index in [1.807, 2.05) is 18.2 Å². The summed E-state index contributed by atoms with van der Waals surface area (Å²) < 4.78 is 0. The Balaban J connectivity index is 2.09. The summed E-state index contributed by atoms with van der Waals surface area (Å²) in [5.74, 6) is -1.26.